The maximum Gasteiger partial charge on any atom is 0.228 e. The molecule has 0 fully saturated rings. The Morgan fingerprint density at radius 3 is 2.67 bits per heavy atom. The summed E-state index contributed by atoms with van der Waals surface area (Å²) < 4.78 is 0.724. The molecule has 0 spiro atoms. The average molecular weight is 273 g/mol. The molecule has 0 unspecified atom stereocenters. The molecule has 4 nitrogen and oxygen atoms in total. The lowest BCUT2D eigenvalue weighted by Gasteiger charge is -2.18. The predicted molar refractivity (Wildman–Crippen MR) is 66.9 cm³/mol. The van der Waals surface area contributed by atoms with E-state index in [0.29, 0.717) is 17.7 Å². The summed E-state index contributed by atoms with van der Waals surface area (Å²) in [6.45, 7) is 5.33. The summed E-state index contributed by atoms with van der Waals surface area (Å²) in [5, 5.41) is 0. The lowest BCUT2D eigenvalue weighted by Crippen LogP contribution is -2.22. The van der Waals surface area contributed by atoms with Crippen molar-refractivity contribution in [2.45, 2.75) is 20.3 Å². The summed E-state index contributed by atoms with van der Waals surface area (Å²) >= 11 is 3.30. The normalized spacial score (nSPS) is 10.7. The number of nitrogens with two attached hydrogens (primary N) is 1. The second kappa shape index (κ2) is 5.30. The van der Waals surface area contributed by atoms with E-state index in [1.807, 2.05) is 11.9 Å². The van der Waals surface area contributed by atoms with E-state index in [9.17, 15) is 0 Å². The SMILES string of the molecule is CC(C)CCN(C)c1nc(N)cc(Br)n1. The largest absolute Gasteiger partial charge is 0.383 e. The minimum Gasteiger partial charge on any atom is -0.383 e. The maximum atomic E-state index is 5.65. The molecule has 1 aromatic rings. The number of nitrogens with zero attached hydrogens (tertiary/aromatic N) is 3. The van der Waals surface area contributed by atoms with Crippen LogP contribution < -0.4 is 10.6 Å². The number of hydrogen-bond acceptors (Lipinski definition) is 4. The molecular formula is C10H17BrN4. The van der Waals surface area contributed by atoms with Crippen molar-refractivity contribution in [3.63, 3.8) is 0 Å². The van der Waals surface area contributed by atoms with E-state index in [4.69, 9.17) is 5.73 Å². The van der Waals surface area contributed by atoms with Gasteiger partial charge in [0.2, 0.25) is 5.95 Å². The topological polar surface area (TPSA) is 55.0 Å². The van der Waals surface area contributed by atoms with Gasteiger partial charge in [-0.1, -0.05) is 13.8 Å². The van der Waals surface area contributed by atoms with Gasteiger partial charge in [-0.3, -0.25) is 0 Å². The van der Waals surface area contributed by atoms with Crippen LogP contribution in [0.3, 0.4) is 0 Å². The number of halogens is 1. The van der Waals surface area contributed by atoms with Crippen LogP contribution in [-0.4, -0.2) is 23.6 Å². The monoisotopic (exact) mass is 272 g/mol. The quantitative estimate of drug-likeness (QED) is 0.855. The fourth-order valence-corrected chi connectivity index (χ4v) is 1.54. The number of nitrogen functional groups attached to an aromatic ring is 1. The third kappa shape index (κ3) is 4.03. The van der Waals surface area contributed by atoms with Crippen molar-refractivity contribution in [2.75, 3.05) is 24.2 Å². The van der Waals surface area contributed by atoms with E-state index >= 15 is 0 Å². The zero-order valence-corrected chi connectivity index (χ0v) is 11.0. The lowest BCUT2D eigenvalue weighted by molar-refractivity contribution is 0.581. The van der Waals surface area contributed by atoms with Crippen LogP contribution in [0.25, 0.3) is 0 Å². The number of rotatable bonds is 4. The van der Waals surface area contributed by atoms with Gasteiger partial charge < -0.3 is 10.6 Å². The van der Waals surface area contributed by atoms with E-state index in [0.717, 1.165) is 17.6 Å². The Bertz CT molecular complexity index is 307. The second-order valence-corrected chi connectivity index (χ2v) is 4.83. The van der Waals surface area contributed by atoms with E-state index in [1.54, 1.807) is 6.07 Å². The summed E-state index contributed by atoms with van der Waals surface area (Å²) in [5.74, 6) is 1.84. The second-order valence-electron chi connectivity index (χ2n) is 4.02. The van der Waals surface area contributed by atoms with Gasteiger partial charge in [0.25, 0.3) is 0 Å². The lowest BCUT2D eigenvalue weighted by atomic mass is 10.1. The van der Waals surface area contributed by atoms with Crippen LogP contribution in [0.4, 0.5) is 11.8 Å². The summed E-state index contributed by atoms with van der Waals surface area (Å²) in [6, 6.07) is 1.69. The highest BCUT2D eigenvalue weighted by Crippen LogP contribution is 2.15. The summed E-state index contributed by atoms with van der Waals surface area (Å²) in [7, 11) is 1.98. The molecule has 0 radical (unpaired) electrons. The molecule has 0 saturated carbocycles. The Morgan fingerprint density at radius 2 is 2.13 bits per heavy atom. The molecule has 5 heteroatoms. The van der Waals surface area contributed by atoms with Gasteiger partial charge in [0.15, 0.2) is 0 Å². The highest BCUT2D eigenvalue weighted by Gasteiger charge is 2.07. The van der Waals surface area contributed by atoms with Crippen molar-refractivity contribution in [1.82, 2.24) is 9.97 Å². The van der Waals surface area contributed by atoms with Gasteiger partial charge in [-0.05, 0) is 28.3 Å². The molecule has 1 heterocycles. The molecule has 0 aliphatic rings. The standard InChI is InChI=1S/C10H17BrN4/c1-7(2)4-5-15(3)10-13-8(11)6-9(12)14-10/h6-7H,4-5H2,1-3H3,(H2,12,13,14). The van der Waals surface area contributed by atoms with Crippen molar-refractivity contribution in [1.29, 1.82) is 0 Å². The first-order valence-electron chi connectivity index (χ1n) is 5.00. The molecule has 15 heavy (non-hydrogen) atoms. The fourth-order valence-electron chi connectivity index (χ4n) is 1.15. The molecule has 0 atom stereocenters. The van der Waals surface area contributed by atoms with Crippen molar-refractivity contribution in [3.05, 3.63) is 10.7 Å². The van der Waals surface area contributed by atoms with Crippen LogP contribution in [0.1, 0.15) is 20.3 Å². The van der Waals surface area contributed by atoms with Gasteiger partial charge in [0.1, 0.15) is 10.4 Å². The van der Waals surface area contributed by atoms with Crippen LogP contribution >= 0.6 is 15.9 Å². The third-order valence-electron chi connectivity index (χ3n) is 2.09. The van der Waals surface area contributed by atoms with Crippen LogP contribution in [-0.2, 0) is 0 Å². The molecule has 0 aliphatic carbocycles. The van der Waals surface area contributed by atoms with Crippen LogP contribution in [0.15, 0.2) is 10.7 Å². The molecule has 0 aromatic carbocycles. The molecule has 1 rings (SSSR count). The molecule has 0 aliphatic heterocycles. The zero-order valence-electron chi connectivity index (χ0n) is 9.37. The minimum atomic E-state index is 0.489. The number of aromatic nitrogens is 2. The third-order valence-corrected chi connectivity index (χ3v) is 2.49. The average Bonchev–Trinajstić information content (AvgIpc) is 2.12. The molecule has 0 amide bonds. The number of hydrogen-bond donors (Lipinski definition) is 1. The summed E-state index contributed by atoms with van der Waals surface area (Å²) in [6.07, 6.45) is 1.12. The minimum absolute atomic E-state index is 0.489. The molecule has 0 bridgehead atoms. The van der Waals surface area contributed by atoms with Crippen molar-refractivity contribution < 1.29 is 0 Å². The number of anilines is 2. The van der Waals surface area contributed by atoms with Gasteiger partial charge in [0.05, 0.1) is 0 Å². The van der Waals surface area contributed by atoms with Crippen molar-refractivity contribution in [3.8, 4) is 0 Å². The fraction of sp³-hybridized carbons (Fsp3) is 0.600. The van der Waals surface area contributed by atoms with Crippen molar-refractivity contribution in [2.24, 2.45) is 5.92 Å². The molecule has 0 saturated heterocycles. The van der Waals surface area contributed by atoms with Gasteiger partial charge >= 0.3 is 0 Å². The maximum absolute atomic E-state index is 5.65. The zero-order chi connectivity index (χ0) is 11.4. The molecular weight excluding hydrogens is 256 g/mol. The Balaban J connectivity index is 2.68. The van der Waals surface area contributed by atoms with Crippen LogP contribution in [0.2, 0.25) is 0 Å². The Labute approximate surface area is 99.0 Å². The summed E-state index contributed by atoms with van der Waals surface area (Å²) in [4.78, 5) is 10.5. The molecule has 84 valence electrons. The van der Waals surface area contributed by atoms with E-state index in [-0.39, 0.29) is 0 Å². The van der Waals surface area contributed by atoms with Gasteiger partial charge in [-0.25, -0.2) is 4.98 Å². The van der Waals surface area contributed by atoms with E-state index in [2.05, 4.69) is 39.7 Å². The van der Waals surface area contributed by atoms with E-state index in [1.165, 1.54) is 0 Å². The molecule has 1 aromatic heterocycles. The smallest absolute Gasteiger partial charge is 0.228 e. The predicted octanol–water partition coefficient (Wildman–Crippen LogP) is 2.30. The summed E-state index contributed by atoms with van der Waals surface area (Å²) in [5.41, 5.74) is 5.65. The first-order valence-corrected chi connectivity index (χ1v) is 5.79. The Kier molecular flexibility index (Phi) is 4.32. The van der Waals surface area contributed by atoms with Gasteiger partial charge in [0, 0.05) is 19.7 Å². The highest BCUT2D eigenvalue weighted by molar-refractivity contribution is 9.10. The van der Waals surface area contributed by atoms with Crippen LogP contribution in [0.5, 0.6) is 0 Å². The van der Waals surface area contributed by atoms with Crippen molar-refractivity contribution >= 4 is 27.7 Å². The van der Waals surface area contributed by atoms with Crippen LogP contribution in [0, 0.1) is 5.92 Å². The molecule has 2 N–H and O–H groups in total. The van der Waals surface area contributed by atoms with Gasteiger partial charge in [-0.2, -0.15) is 4.98 Å². The first kappa shape index (κ1) is 12.2. The van der Waals surface area contributed by atoms with Gasteiger partial charge in [-0.15, -0.1) is 0 Å². The van der Waals surface area contributed by atoms with E-state index < -0.39 is 0 Å². The Hall–Kier alpha value is -0.840. The first-order chi connectivity index (χ1) is 6.99. The highest BCUT2D eigenvalue weighted by atomic mass is 79.9. The Morgan fingerprint density at radius 1 is 1.47 bits per heavy atom.